The van der Waals surface area contributed by atoms with Crippen molar-refractivity contribution in [1.82, 2.24) is 25.7 Å². The Hall–Kier alpha value is -2.52. The minimum atomic E-state index is -0.198. The number of thiophene rings is 1. The van der Waals surface area contributed by atoms with Gasteiger partial charge in [0.1, 0.15) is 9.71 Å². The van der Waals surface area contributed by atoms with Crippen molar-refractivity contribution in [3.8, 4) is 0 Å². The number of nitrogens with zero attached hydrogens (tertiary/aromatic N) is 5. The second-order valence-electron chi connectivity index (χ2n) is 7.31. The van der Waals surface area contributed by atoms with Gasteiger partial charge in [0.25, 0.3) is 5.91 Å². The van der Waals surface area contributed by atoms with Gasteiger partial charge in [0.15, 0.2) is 11.0 Å². The lowest BCUT2D eigenvalue weighted by Crippen LogP contribution is -2.59. The highest BCUT2D eigenvalue weighted by Gasteiger charge is 2.32. The summed E-state index contributed by atoms with van der Waals surface area (Å²) in [5.74, 6) is 1.24. The Morgan fingerprint density at radius 2 is 2.04 bits per heavy atom. The van der Waals surface area contributed by atoms with Crippen LogP contribution in [-0.4, -0.2) is 45.4 Å². The lowest BCUT2D eigenvalue weighted by atomic mass is 10.1. The molecule has 3 N–H and O–H groups in total. The number of nitrogen functional groups attached to an aromatic ring is 1. The van der Waals surface area contributed by atoms with Gasteiger partial charge in [0, 0.05) is 30.0 Å². The molecule has 1 aliphatic carbocycles. The topological polar surface area (TPSA) is 110 Å². The highest BCUT2D eigenvalue weighted by atomic mass is 35.5. The van der Waals surface area contributed by atoms with E-state index in [1.54, 1.807) is 0 Å². The molecule has 1 saturated heterocycles. The van der Waals surface area contributed by atoms with Gasteiger partial charge in [-0.25, -0.2) is 0 Å². The number of fused-ring (bicyclic) bond motifs is 1. The van der Waals surface area contributed by atoms with E-state index in [1.807, 2.05) is 13.0 Å². The van der Waals surface area contributed by atoms with Crippen LogP contribution in [0.3, 0.4) is 0 Å². The second-order valence-corrected chi connectivity index (χ2v) is 8.66. The predicted molar refractivity (Wildman–Crippen MR) is 109 cm³/mol. The second kappa shape index (κ2) is 6.52. The van der Waals surface area contributed by atoms with Crippen molar-refractivity contribution in [2.75, 3.05) is 23.7 Å². The van der Waals surface area contributed by atoms with Crippen molar-refractivity contribution >= 4 is 50.6 Å². The number of rotatable bonds is 4. The zero-order chi connectivity index (χ0) is 19.4. The molecule has 1 amide bonds. The standard InChI is InChI=1S/C18H18ClN7OS/c1-8-13-14(20)15(28-18(13)25-24-16(8)19)17(27)21-10-6-26(7-10)12-5-4-11(22-23-12)9-2-3-9/h4-5,9-10H,2-3,6-7,20H2,1H3,(H,21,27). The van der Waals surface area contributed by atoms with Crippen molar-refractivity contribution in [2.45, 2.75) is 31.7 Å². The number of carbonyl (C=O) groups excluding carboxylic acids is 1. The first-order valence-electron chi connectivity index (χ1n) is 9.11. The summed E-state index contributed by atoms with van der Waals surface area (Å²) in [4.78, 5) is 15.9. The molecule has 5 rings (SSSR count). The van der Waals surface area contributed by atoms with Gasteiger partial charge < -0.3 is 16.0 Å². The summed E-state index contributed by atoms with van der Waals surface area (Å²) in [6.45, 7) is 3.21. The Morgan fingerprint density at radius 3 is 2.71 bits per heavy atom. The fourth-order valence-corrected chi connectivity index (χ4v) is 4.55. The molecule has 3 aromatic heterocycles. The number of amides is 1. The van der Waals surface area contributed by atoms with Crippen molar-refractivity contribution in [1.29, 1.82) is 0 Å². The van der Waals surface area contributed by atoms with E-state index >= 15 is 0 Å². The molecule has 3 aromatic rings. The molecular weight excluding hydrogens is 398 g/mol. The summed E-state index contributed by atoms with van der Waals surface area (Å²) in [7, 11) is 0. The van der Waals surface area contributed by atoms with Gasteiger partial charge in [-0.05, 0) is 31.9 Å². The van der Waals surface area contributed by atoms with Crippen LogP contribution in [0, 0.1) is 6.92 Å². The Balaban J connectivity index is 1.25. The van der Waals surface area contributed by atoms with E-state index in [1.165, 1.54) is 24.2 Å². The zero-order valence-corrected chi connectivity index (χ0v) is 16.7. The maximum atomic E-state index is 12.7. The summed E-state index contributed by atoms with van der Waals surface area (Å²) in [6.07, 6.45) is 2.42. The molecule has 10 heteroatoms. The zero-order valence-electron chi connectivity index (χ0n) is 15.1. The molecule has 0 unspecified atom stereocenters. The number of aromatic nitrogens is 4. The van der Waals surface area contributed by atoms with Gasteiger partial charge in [-0.2, -0.15) is 5.10 Å². The van der Waals surface area contributed by atoms with E-state index in [2.05, 4.69) is 36.7 Å². The van der Waals surface area contributed by atoms with Gasteiger partial charge in [-0.3, -0.25) is 4.79 Å². The summed E-state index contributed by atoms with van der Waals surface area (Å²) >= 11 is 7.26. The first-order chi connectivity index (χ1) is 13.5. The molecule has 0 aromatic carbocycles. The Morgan fingerprint density at radius 1 is 1.25 bits per heavy atom. The van der Waals surface area contributed by atoms with Crippen LogP contribution in [-0.2, 0) is 0 Å². The molecule has 0 spiro atoms. The van der Waals surface area contributed by atoms with Gasteiger partial charge in [-0.15, -0.1) is 26.6 Å². The first kappa shape index (κ1) is 17.6. The first-order valence-corrected chi connectivity index (χ1v) is 10.3. The number of anilines is 2. The average molecular weight is 416 g/mol. The average Bonchev–Trinajstić information content (AvgIpc) is 3.45. The van der Waals surface area contributed by atoms with Crippen molar-refractivity contribution < 1.29 is 4.79 Å². The van der Waals surface area contributed by atoms with E-state index in [-0.39, 0.29) is 11.9 Å². The molecule has 0 bridgehead atoms. The highest BCUT2D eigenvalue weighted by molar-refractivity contribution is 7.21. The number of hydrogen-bond acceptors (Lipinski definition) is 8. The van der Waals surface area contributed by atoms with Crippen LogP contribution in [0.4, 0.5) is 11.5 Å². The lowest BCUT2D eigenvalue weighted by Gasteiger charge is -2.40. The van der Waals surface area contributed by atoms with E-state index in [4.69, 9.17) is 17.3 Å². The summed E-state index contributed by atoms with van der Waals surface area (Å²) < 4.78 is 0. The highest BCUT2D eigenvalue weighted by Crippen LogP contribution is 2.39. The quantitative estimate of drug-likeness (QED) is 0.673. The summed E-state index contributed by atoms with van der Waals surface area (Å²) in [6, 6.07) is 4.10. The van der Waals surface area contributed by atoms with E-state index in [0.717, 1.165) is 17.1 Å². The summed E-state index contributed by atoms with van der Waals surface area (Å²) in [5.41, 5.74) is 8.42. The molecule has 2 aliphatic rings. The molecule has 8 nitrogen and oxygen atoms in total. The van der Waals surface area contributed by atoms with Crippen molar-refractivity contribution in [3.05, 3.63) is 33.4 Å². The number of aryl methyl sites for hydroxylation is 1. The minimum absolute atomic E-state index is 0.0396. The lowest BCUT2D eigenvalue weighted by molar-refractivity contribution is 0.0935. The molecule has 144 valence electrons. The predicted octanol–water partition coefficient (Wildman–Crippen LogP) is 2.52. The molecule has 28 heavy (non-hydrogen) atoms. The largest absolute Gasteiger partial charge is 0.397 e. The molecule has 2 fully saturated rings. The monoisotopic (exact) mass is 415 g/mol. The maximum Gasteiger partial charge on any atom is 0.263 e. The van der Waals surface area contributed by atoms with Gasteiger partial charge in [0.2, 0.25) is 0 Å². The normalized spacial score (nSPS) is 17.0. The molecular formula is C18H18ClN7OS. The molecule has 4 heterocycles. The number of carbonyl (C=O) groups is 1. The SMILES string of the molecule is Cc1c(Cl)nnc2sc(C(=O)NC3CN(c4ccc(C5CC5)nn4)C3)c(N)c12. The number of hydrogen-bond donors (Lipinski definition) is 2. The minimum Gasteiger partial charge on any atom is -0.397 e. The van der Waals surface area contributed by atoms with Crippen LogP contribution in [0.15, 0.2) is 12.1 Å². The van der Waals surface area contributed by atoms with Crippen LogP contribution < -0.4 is 16.0 Å². The van der Waals surface area contributed by atoms with Crippen LogP contribution in [0.5, 0.6) is 0 Å². The fourth-order valence-electron chi connectivity index (χ4n) is 3.41. The Bertz CT molecular complexity index is 1070. The fraction of sp³-hybridized carbons (Fsp3) is 0.389. The number of nitrogens with two attached hydrogens (primary N) is 1. The molecule has 1 saturated carbocycles. The van der Waals surface area contributed by atoms with Crippen molar-refractivity contribution in [2.24, 2.45) is 0 Å². The van der Waals surface area contributed by atoms with E-state index in [0.29, 0.717) is 44.9 Å². The van der Waals surface area contributed by atoms with Crippen LogP contribution >= 0.6 is 22.9 Å². The molecule has 1 aliphatic heterocycles. The maximum absolute atomic E-state index is 12.7. The Kier molecular flexibility index (Phi) is 4.09. The third kappa shape index (κ3) is 2.94. The van der Waals surface area contributed by atoms with Crippen LogP contribution in [0.1, 0.15) is 39.7 Å². The van der Waals surface area contributed by atoms with E-state index in [9.17, 15) is 4.79 Å². The molecule has 0 atom stereocenters. The molecule has 0 radical (unpaired) electrons. The van der Waals surface area contributed by atoms with Crippen LogP contribution in [0.2, 0.25) is 5.15 Å². The van der Waals surface area contributed by atoms with Crippen molar-refractivity contribution in [3.63, 3.8) is 0 Å². The Labute approximate surface area is 170 Å². The number of halogens is 1. The van der Waals surface area contributed by atoms with Gasteiger partial charge in [0.05, 0.1) is 17.4 Å². The third-order valence-electron chi connectivity index (χ3n) is 5.25. The smallest absolute Gasteiger partial charge is 0.263 e. The van der Waals surface area contributed by atoms with Gasteiger partial charge in [-0.1, -0.05) is 11.6 Å². The van der Waals surface area contributed by atoms with E-state index < -0.39 is 0 Å². The van der Waals surface area contributed by atoms with Crippen LogP contribution in [0.25, 0.3) is 10.2 Å². The number of nitrogens with one attached hydrogen (secondary N) is 1. The summed E-state index contributed by atoms with van der Waals surface area (Å²) in [5, 5.41) is 20.6. The third-order valence-corrected chi connectivity index (χ3v) is 6.70. The van der Waals surface area contributed by atoms with Gasteiger partial charge >= 0.3 is 0 Å².